The fourth-order valence-electron chi connectivity index (χ4n) is 3.54. The molecule has 0 aliphatic rings. The smallest absolute Gasteiger partial charge is 0.254 e. The maximum Gasteiger partial charge on any atom is 0.254 e. The third kappa shape index (κ3) is 5.13. The average Bonchev–Trinajstić information content (AvgIpc) is 3.38. The highest BCUT2D eigenvalue weighted by atomic mass is 35.5. The van der Waals surface area contributed by atoms with Gasteiger partial charge in [0.1, 0.15) is 17.1 Å². The summed E-state index contributed by atoms with van der Waals surface area (Å²) >= 11 is 12.2. The number of carbonyl (C=O) groups is 2. The van der Waals surface area contributed by atoms with Crippen molar-refractivity contribution in [1.29, 1.82) is 0 Å². The number of hydrogen-bond donors (Lipinski definition) is 4. The number of hydrogen-bond acceptors (Lipinski definition) is 6. The van der Waals surface area contributed by atoms with Crippen LogP contribution < -0.4 is 16.8 Å². The second-order valence-electron chi connectivity index (χ2n) is 8.07. The summed E-state index contributed by atoms with van der Waals surface area (Å²) in [6, 6.07) is 10.1. The van der Waals surface area contributed by atoms with Crippen molar-refractivity contribution in [2.24, 2.45) is 5.73 Å². The number of amides is 2. The molecule has 0 aliphatic heterocycles. The topological polar surface area (TPSA) is 158 Å². The molecule has 0 spiro atoms. The van der Waals surface area contributed by atoms with Crippen LogP contribution in [0.15, 0.2) is 42.6 Å². The summed E-state index contributed by atoms with van der Waals surface area (Å²) in [5, 5.41) is 15.1. The maximum absolute atomic E-state index is 12.5. The third-order valence-corrected chi connectivity index (χ3v) is 5.74. The van der Waals surface area contributed by atoms with E-state index in [1.54, 1.807) is 36.4 Å². The predicted octanol–water partition coefficient (Wildman–Crippen LogP) is 4.09. The Balaban J connectivity index is 1.46. The van der Waals surface area contributed by atoms with E-state index in [4.69, 9.17) is 34.7 Å². The van der Waals surface area contributed by atoms with Crippen molar-refractivity contribution >= 4 is 46.7 Å². The van der Waals surface area contributed by atoms with Gasteiger partial charge in [-0.1, -0.05) is 23.2 Å². The lowest BCUT2D eigenvalue weighted by molar-refractivity contribution is -0.115. The number of anilines is 2. The first-order valence-corrected chi connectivity index (χ1v) is 11.3. The van der Waals surface area contributed by atoms with Gasteiger partial charge >= 0.3 is 0 Å². The molecule has 4 aromatic rings. The summed E-state index contributed by atoms with van der Waals surface area (Å²) in [5.41, 5.74) is 14.5. The highest BCUT2D eigenvalue weighted by Gasteiger charge is 2.23. The molecule has 0 fully saturated rings. The Bertz CT molecular complexity index is 1410. The lowest BCUT2D eigenvalue weighted by Crippen LogP contribution is -2.15. The van der Waals surface area contributed by atoms with E-state index in [0.717, 1.165) is 0 Å². The monoisotopic (exact) mass is 512 g/mol. The number of aromatic amines is 1. The van der Waals surface area contributed by atoms with Gasteiger partial charge in [-0.2, -0.15) is 10.2 Å². The second-order valence-corrected chi connectivity index (χ2v) is 8.91. The number of pyridine rings is 1. The molecule has 0 unspecified atom stereocenters. The van der Waals surface area contributed by atoms with Crippen molar-refractivity contribution in [2.45, 2.75) is 26.3 Å². The molecule has 35 heavy (non-hydrogen) atoms. The fraction of sp³-hybridized carbons (Fsp3) is 0.174. The molecule has 0 aliphatic carbocycles. The van der Waals surface area contributed by atoms with Crippen molar-refractivity contribution in [3.8, 4) is 22.5 Å². The second kappa shape index (κ2) is 9.77. The zero-order valence-corrected chi connectivity index (χ0v) is 20.4. The summed E-state index contributed by atoms with van der Waals surface area (Å²) in [6.45, 7) is 3.79. The average molecular weight is 513 g/mol. The van der Waals surface area contributed by atoms with Crippen LogP contribution in [-0.2, 0) is 11.2 Å². The number of carbonyl (C=O) groups excluding carboxylic acids is 2. The van der Waals surface area contributed by atoms with Crippen LogP contribution in [-0.4, -0.2) is 36.8 Å². The Morgan fingerprint density at radius 1 is 1.17 bits per heavy atom. The quantitative estimate of drug-likeness (QED) is 0.292. The predicted molar refractivity (Wildman–Crippen MR) is 135 cm³/mol. The molecule has 0 radical (unpaired) electrons. The van der Waals surface area contributed by atoms with E-state index >= 15 is 0 Å². The number of nitrogens with two attached hydrogens (primary N) is 2. The van der Waals surface area contributed by atoms with E-state index in [0.29, 0.717) is 44.1 Å². The summed E-state index contributed by atoms with van der Waals surface area (Å²) in [6.07, 6.45) is 1.53. The number of nitrogens with zero attached hydrogens (tertiary/aromatic N) is 4. The van der Waals surface area contributed by atoms with Gasteiger partial charge in [-0.3, -0.25) is 19.7 Å². The number of nitrogen functional groups attached to an aromatic ring is 1. The fourth-order valence-corrected chi connectivity index (χ4v) is 4.05. The number of rotatable bonds is 7. The molecule has 0 atom stereocenters. The van der Waals surface area contributed by atoms with E-state index in [1.807, 2.05) is 13.8 Å². The number of nitrogens with one attached hydrogen (secondary N) is 2. The summed E-state index contributed by atoms with van der Waals surface area (Å²) in [4.78, 5) is 28.8. The van der Waals surface area contributed by atoms with Crippen LogP contribution >= 0.6 is 23.2 Å². The van der Waals surface area contributed by atoms with E-state index in [9.17, 15) is 9.59 Å². The standard InChI is InChI=1S/C23H22Cl2N8O2/c1-11(2)33-22(26)20(23(27)35)21(32-33)12-3-5-14(28-10-12)8-19(34)29-18-9-17(30-31-18)15-6-4-13(24)7-16(15)25/h3-7,9-11H,8,26H2,1-2H3,(H2,27,35)(H2,29,30,31,34). The molecule has 1 aromatic carbocycles. The van der Waals surface area contributed by atoms with Gasteiger partial charge in [0.05, 0.1) is 17.1 Å². The molecule has 0 saturated carbocycles. The van der Waals surface area contributed by atoms with Crippen LogP contribution in [0.1, 0.15) is 35.9 Å². The van der Waals surface area contributed by atoms with E-state index < -0.39 is 5.91 Å². The summed E-state index contributed by atoms with van der Waals surface area (Å²) in [7, 11) is 0. The maximum atomic E-state index is 12.5. The first-order valence-electron chi connectivity index (χ1n) is 10.6. The Morgan fingerprint density at radius 3 is 2.57 bits per heavy atom. The molecule has 3 heterocycles. The van der Waals surface area contributed by atoms with Gasteiger partial charge in [0.15, 0.2) is 5.82 Å². The molecule has 0 saturated heterocycles. The molecular formula is C23H22Cl2N8O2. The zero-order valence-electron chi connectivity index (χ0n) is 18.8. The SMILES string of the molecule is CC(C)n1nc(-c2ccc(CC(=O)Nc3cc(-c4ccc(Cl)cc4Cl)[nH]n3)nc2)c(C(N)=O)c1N. The van der Waals surface area contributed by atoms with Crippen molar-refractivity contribution in [3.05, 3.63) is 63.9 Å². The Kier molecular flexibility index (Phi) is 6.77. The van der Waals surface area contributed by atoms with Gasteiger partial charge in [-0.05, 0) is 44.2 Å². The molecular weight excluding hydrogens is 491 g/mol. The van der Waals surface area contributed by atoms with Gasteiger partial charge < -0.3 is 16.8 Å². The highest BCUT2D eigenvalue weighted by molar-refractivity contribution is 6.36. The molecule has 180 valence electrons. The molecule has 3 aromatic heterocycles. The third-order valence-electron chi connectivity index (χ3n) is 5.19. The van der Waals surface area contributed by atoms with Crippen LogP contribution in [0.2, 0.25) is 10.0 Å². The molecule has 10 nitrogen and oxygen atoms in total. The summed E-state index contributed by atoms with van der Waals surface area (Å²) < 4.78 is 1.53. The van der Waals surface area contributed by atoms with E-state index in [-0.39, 0.29) is 29.8 Å². The molecule has 6 N–H and O–H groups in total. The van der Waals surface area contributed by atoms with Gasteiger partial charge in [0.25, 0.3) is 5.91 Å². The zero-order chi connectivity index (χ0) is 25.3. The van der Waals surface area contributed by atoms with E-state index in [1.165, 1.54) is 10.9 Å². The number of aromatic nitrogens is 5. The van der Waals surface area contributed by atoms with Crippen LogP contribution in [0, 0.1) is 0 Å². The summed E-state index contributed by atoms with van der Waals surface area (Å²) in [5.74, 6) is -0.444. The highest BCUT2D eigenvalue weighted by Crippen LogP contribution is 2.31. The Labute approximate surface area is 210 Å². The van der Waals surface area contributed by atoms with Gasteiger partial charge in [-0.15, -0.1) is 0 Å². The van der Waals surface area contributed by atoms with E-state index in [2.05, 4.69) is 25.6 Å². The molecule has 12 heteroatoms. The lowest BCUT2D eigenvalue weighted by Gasteiger charge is -2.06. The number of benzene rings is 1. The Morgan fingerprint density at radius 2 is 1.94 bits per heavy atom. The first kappa shape index (κ1) is 24.2. The van der Waals surface area contributed by atoms with Crippen molar-refractivity contribution in [2.75, 3.05) is 11.1 Å². The lowest BCUT2D eigenvalue weighted by atomic mass is 10.1. The minimum Gasteiger partial charge on any atom is -0.383 e. The van der Waals surface area contributed by atoms with Crippen LogP contribution in [0.4, 0.5) is 11.6 Å². The minimum atomic E-state index is -0.675. The largest absolute Gasteiger partial charge is 0.383 e. The van der Waals surface area contributed by atoms with Crippen molar-refractivity contribution < 1.29 is 9.59 Å². The van der Waals surface area contributed by atoms with Gasteiger partial charge in [0.2, 0.25) is 5.91 Å². The normalized spacial score (nSPS) is 11.1. The molecule has 2 amide bonds. The number of primary amides is 1. The Hall–Kier alpha value is -3.89. The number of halogens is 2. The van der Waals surface area contributed by atoms with Crippen LogP contribution in [0.25, 0.3) is 22.5 Å². The van der Waals surface area contributed by atoms with Gasteiger partial charge in [-0.25, -0.2) is 4.68 Å². The first-order chi connectivity index (χ1) is 16.6. The minimum absolute atomic E-state index is 0.00935. The van der Waals surface area contributed by atoms with Crippen LogP contribution in [0.5, 0.6) is 0 Å². The number of H-pyrrole nitrogens is 1. The van der Waals surface area contributed by atoms with Crippen molar-refractivity contribution in [1.82, 2.24) is 25.0 Å². The van der Waals surface area contributed by atoms with Gasteiger partial charge in [0, 0.05) is 40.1 Å². The molecule has 4 rings (SSSR count). The van der Waals surface area contributed by atoms with Crippen molar-refractivity contribution in [3.63, 3.8) is 0 Å². The molecule has 0 bridgehead atoms. The van der Waals surface area contributed by atoms with Crippen LogP contribution in [0.3, 0.4) is 0 Å².